The third-order valence-electron chi connectivity index (χ3n) is 3.87. The Bertz CT molecular complexity index is 769. The van der Waals surface area contributed by atoms with E-state index in [9.17, 15) is 22.4 Å². The van der Waals surface area contributed by atoms with E-state index in [1.807, 2.05) is 0 Å². The highest BCUT2D eigenvalue weighted by Crippen LogP contribution is 2.43. The molecule has 1 atom stereocenters. The van der Waals surface area contributed by atoms with Crippen molar-refractivity contribution >= 4 is 17.2 Å². The van der Waals surface area contributed by atoms with Gasteiger partial charge in [0.2, 0.25) is 11.6 Å². The zero-order chi connectivity index (χ0) is 16.6. The van der Waals surface area contributed by atoms with Crippen LogP contribution < -0.4 is 5.43 Å². The molecule has 2 aliphatic rings. The van der Waals surface area contributed by atoms with Gasteiger partial charge < -0.3 is 0 Å². The van der Waals surface area contributed by atoms with Crippen LogP contribution in [0, 0.1) is 5.82 Å². The average Bonchev–Trinajstić information content (AvgIpc) is 2.52. The molecule has 7 heteroatoms. The molecule has 23 heavy (non-hydrogen) atoms. The Morgan fingerprint density at radius 2 is 1.87 bits per heavy atom. The molecule has 1 amide bonds. The minimum Gasteiger partial charge on any atom is -0.273 e. The van der Waals surface area contributed by atoms with E-state index in [2.05, 4.69) is 10.5 Å². The highest BCUT2D eigenvalue weighted by Gasteiger charge is 2.46. The third kappa shape index (κ3) is 2.67. The lowest BCUT2D eigenvalue weighted by Crippen LogP contribution is -2.41. The molecule has 0 radical (unpaired) electrons. The SMILES string of the molecule is O=C1CCC(C2(F)CC(F)=C(c3ccccc3F)C=C2F)=NN1. The van der Waals surface area contributed by atoms with Crippen LogP contribution in [0.5, 0.6) is 0 Å². The molecule has 0 saturated carbocycles. The molecule has 120 valence electrons. The molecule has 1 aliphatic heterocycles. The molecule has 3 nitrogen and oxygen atoms in total. The number of nitrogens with zero attached hydrogens (tertiary/aromatic N) is 1. The van der Waals surface area contributed by atoms with Gasteiger partial charge in [0, 0.05) is 30.4 Å². The average molecular weight is 324 g/mol. The van der Waals surface area contributed by atoms with Crippen LogP contribution in [-0.2, 0) is 4.79 Å². The van der Waals surface area contributed by atoms with Gasteiger partial charge in [-0.2, -0.15) is 5.10 Å². The predicted octanol–water partition coefficient (Wildman–Crippen LogP) is 3.74. The van der Waals surface area contributed by atoms with Gasteiger partial charge in [-0.15, -0.1) is 0 Å². The van der Waals surface area contributed by atoms with E-state index in [-0.39, 0.29) is 29.7 Å². The number of benzene rings is 1. The predicted molar refractivity (Wildman–Crippen MR) is 76.9 cm³/mol. The number of halogens is 4. The number of nitrogens with one attached hydrogen (secondary N) is 1. The van der Waals surface area contributed by atoms with Gasteiger partial charge in [0.05, 0.1) is 5.71 Å². The number of rotatable bonds is 2. The number of allylic oxidation sites excluding steroid dienone is 4. The first-order chi connectivity index (χ1) is 10.9. The summed E-state index contributed by atoms with van der Waals surface area (Å²) in [6.07, 6.45) is -0.431. The molecule has 0 fully saturated rings. The zero-order valence-corrected chi connectivity index (χ0v) is 11.9. The van der Waals surface area contributed by atoms with Gasteiger partial charge in [-0.1, -0.05) is 18.2 Å². The summed E-state index contributed by atoms with van der Waals surface area (Å²) in [6.45, 7) is 0. The summed E-state index contributed by atoms with van der Waals surface area (Å²) >= 11 is 0. The number of hydrogen-bond donors (Lipinski definition) is 1. The van der Waals surface area contributed by atoms with Crippen molar-refractivity contribution in [2.24, 2.45) is 5.10 Å². The summed E-state index contributed by atoms with van der Waals surface area (Å²) in [5.74, 6) is -3.37. The van der Waals surface area contributed by atoms with Gasteiger partial charge in [0.15, 0.2) is 0 Å². The molecular formula is C16H12F4N2O. The summed E-state index contributed by atoms with van der Waals surface area (Å²) in [4.78, 5) is 11.0. The Hall–Kier alpha value is -2.44. The van der Waals surface area contributed by atoms with Crippen molar-refractivity contribution in [3.05, 3.63) is 53.4 Å². The van der Waals surface area contributed by atoms with Gasteiger partial charge >= 0.3 is 0 Å². The standard InChI is InChI=1S/C16H12F4N2O/c17-11-4-2-1-3-9(11)10-7-13(19)16(20,8-12(10)18)14-5-6-15(23)22-21-14/h1-4,7H,5-6,8H2,(H,22,23). The lowest BCUT2D eigenvalue weighted by atomic mass is 9.83. The van der Waals surface area contributed by atoms with E-state index in [1.165, 1.54) is 18.2 Å². The minimum atomic E-state index is -2.76. The number of hydrogen-bond acceptors (Lipinski definition) is 2. The van der Waals surface area contributed by atoms with Crippen molar-refractivity contribution in [3.8, 4) is 0 Å². The lowest BCUT2D eigenvalue weighted by molar-refractivity contribution is -0.121. The van der Waals surface area contributed by atoms with Crippen LogP contribution in [0.3, 0.4) is 0 Å². The molecule has 1 aromatic rings. The molecule has 0 aromatic heterocycles. The van der Waals surface area contributed by atoms with Gasteiger partial charge in [-0.3, -0.25) is 4.79 Å². The Kier molecular flexibility index (Phi) is 3.79. The van der Waals surface area contributed by atoms with Crippen LogP contribution in [-0.4, -0.2) is 17.3 Å². The number of carbonyl (C=O) groups excluding carboxylic acids is 1. The summed E-state index contributed by atoms with van der Waals surface area (Å²) in [5, 5.41) is 3.50. The Morgan fingerprint density at radius 1 is 1.13 bits per heavy atom. The normalized spacial score (nSPS) is 25.0. The molecule has 0 spiro atoms. The number of alkyl halides is 1. The summed E-state index contributed by atoms with van der Waals surface area (Å²) in [6, 6.07) is 5.29. The largest absolute Gasteiger partial charge is 0.273 e. The van der Waals surface area contributed by atoms with Gasteiger partial charge in [-0.05, 0) is 12.1 Å². The number of amides is 1. The van der Waals surface area contributed by atoms with E-state index >= 15 is 0 Å². The molecule has 0 saturated heterocycles. The van der Waals surface area contributed by atoms with Crippen LogP contribution in [0.25, 0.3) is 5.57 Å². The fourth-order valence-electron chi connectivity index (χ4n) is 2.62. The summed E-state index contributed by atoms with van der Waals surface area (Å²) < 4.78 is 57.3. The van der Waals surface area contributed by atoms with Crippen LogP contribution in [0.1, 0.15) is 24.8 Å². The van der Waals surface area contributed by atoms with Crippen molar-refractivity contribution in [3.63, 3.8) is 0 Å². The van der Waals surface area contributed by atoms with Crippen LogP contribution in [0.2, 0.25) is 0 Å². The van der Waals surface area contributed by atoms with E-state index in [0.717, 1.165) is 6.07 Å². The number of carbonyl (C=O) groups is 1. The van der Waals surface area contributed by atoms with E-state index < -0.39 is 35.5 Å². The Labute approximate surface area is 129 Å². The molecule has 1 aromatic carbocycles. The summed E-state index contributed by atoms with van der Waals surface area (Å²) in [5.41, 5.74) is -1.45. The molecule has 1 aliphatic carbocycles. The molecule has 1 unspecified atom stereocenters. The van der Waals surface area contributed by atoms with Gasteiger partial charge in [0.25, 0.3) is 0 Å². The highest BCUT2D eigenvalue weighted by molar-refractivity contribution is 6.01. The Balaban J connectivity index is 1.99. The van der Waals surface area contributed by atoms with Crippen molar-refractivity contribution in [2.75, 3.05) is 0 Å². The zero-order valence-electron chi connectivity index (χ0n) is 11.9. The van der Waals surface area contributed by atoms with Gasteiger partial charge in [-0.25, -0.2) is 23.0 Å². The maximum Gasteiger partial charge on any atom is 0.240 e. The smallest absolute Gasteiger partial charge is 0.240 e. The van der Waals surface area contributed by atoms with Crippen LogP contribution in [0.4, 0.5) is 17.6 Å². The van der Waals surface area contributed by atoms with Crippen molar-refractivity contribution < 1.29 is 22.4 Å². The second-order valence-corrected chi connectivity index (χ2v) is 5.36. The van der Waals surface area contributed by atoms with E-state index in [1.54, 1.807) is 0 Å². The quantitative estimate of drug-likeness (QED) is 0.827. The van der Waals surface area contributed by atoms with Crippen molar-refractivity contribution in [1.82, 2.24) is 5.43 Å². The topological polar surface area (TPSA) is 41.5 Å². The Morgan fingerprint density at radius 3 is 2.52 bits per heavy atom. The van der Waals surface area contributed by atoms with Gasteiger partial charge in [0.1, 0.15) is 17.5 Å². The monoisotopic (exact) mass is 324 g/mol. The molecule has 1 heterocycles. The highest BCUT2D eigenvalue weighted by atomic mass is 19.2. The molecular weight excluding hydrogens is 312 g/mol. The second kappa shape index (κ2) is 5.64. The molecule has 3 rings (SSSR count). The fourth-order valence-corrected chi connectivity index (χ4v) is 2.62. The van der Waals surface area contributed by atoms with Crippen molar-refractivity contribution in [1.29, 1.82) is 0 Å². The molecule has 1 N–H and O–H groups in total. The maximum atomic E-state index is 14.9. The van der Waals surface area contributed by atoms with Crippen LogP contribution >= 0.6 is 0 Å². The first-order valence-corrected chi connectivity index (χ1v) is 6.98. The summed E-state index contributed by atoms with van der Waals surface area (Å²) in [7, 11) is 0. The molecule has 0 bridgehead atoms. The van der Waals surface area contributed by atoms with Crippen molar-refractivity contribution in [2.45, 2.75) is 24.9 Å². The van der Waals surface area contributed by atoms with E-state index in [0.29, 0.717) is 6.08 Å². The fraction of sp³-hybridized carbons (Fsp3) is 0.250. The first kappa shape index (κ1) is 15.5. The second-order valence-electron chi connectivity index (χ2n) is 5.36. The van der Waals surface area contributed by atoms with E-state index in [4.69, 9.17) is 0 Å². The maximum absolute atomic E-state index is 14.9. The number of hydrazone groups is 1. The third-order valence-corrected chi connectivity index (χ3v) is 3.87. The lowest BCUT2D eigenvalue weighted by Gasteiger charge is -2.30. The minimum absolute atomic E-state index is 0.0523. The first-order valence-electron chi connectivity index (χ1n) is 6.98. The van der Waals surface area contributed by atoms with Crippen LogP contribution in [0.15, 0.2) is 47.1 Å².